The molecule has 8 heteroatoms. The van der Waals surface area contributed by atoms with E-state index in [9.17, 15) is 9.18 Å². The quantitative estimate of drug-likeness (QED) is 0.343. The molecule has 0 spiro atoms. The zero-order valence-electron chi connectivity index (χ0n) is 18.6. The number of ether oxygens (including phenoxy) is 2. The number of aromatic nitrogens is 2. The van der Waals surface area contributed by atoms with E-state index in [1.165, 1.54) is 12.1 Å². The monoisotopic (exact) mass is 480 g/mol. The Labute approximate surface area is 201 Å². The van der Waals surface area contributed by atoms with Crippen LogP contribution in [0, 0.1) is 12.7 Å². The first-order chi connectivity index (χ1) is 16.4. The summed E-state index contributed by atoms with van der Waals surface area (Å²) in [5, 5.41) is 14.3. The van der Waals surface area contributed by atoms with E-state index in [4.69, 9.17) is 31.3 Å². The summed E-state index contributed by atoms with van der Waals surface area (Å²) in [6.07, 6.45) is 0. The fraction of sp³-hybridized carbons (Fsp3) is 0.154. The molecule has 0 aliphatic carbocycles. The lowest BCUT2D eigenvalue weighted by Crippen LogP contribution is -2.10. The zero-order chi connectivity index (χ0) is 24.2. The van der Waals surface area contributed by atoms with Crippen LogP contribution >= 0.6 is 11.6 Å². The molecule has 1 N–H and O–H groups in total. The molecule has 0 amide bonds. The molecule has 34 heavy (non-hydrogen) atoms. The molecule has 0 bridgehead atoms. The maximum absolute atomic E-state index is 14.1. The molecule has 4 aromatic rings. The second-order valence-corrected chi connectivity index (χ2v) is 8.08. The highest BCUT2D eigenvalue weighted by Gasteiger charge is 2.18. The molecule has 3 aromatic carbocycles. The van der Waals surface area contributed by atoms with Crippen molar-refractivity contribution in [3.63, 3.8) is 0 Å². The Bertz CT molecular complexity index is 1350. The van der Waals surface area contributed by atoms with Crippen molar-refractivity contribution in [1.82, 2.24) is 9.78 Å². The maximum atomic E-state index is 14.1. The van der Waals surface area contributed by atoms with Gasteiger partial charge < -0.3 is 14.6 Å². The first kappa shape index (κ1) is 23.3. The second-order valence-electron chi connectivity index (χ2n) is 7.67. The zero-order valence-corrected chi connectivity index (χ0v) is 19.3. The molecule has 0 radical (unpaired) electrons. The van der Waals surface area contributed by atoms with Crippen LogP contribution in [-0.4, -0.2) is 34.6 Å². The van der Waals surface area contributed by atoms with E-state index >= 15 is 0 Å². The number of carbonyl (C=O) groups is 1. The van der Waals surface area contributed by atoms with E-state index in [0.29, 0.717) is 45.6 Å². The molecule has 1 heterocycles. The molecule has 0 fully saturated rings. The highest BCUT2D eigenvalue weighted by molar-refractivity contribution is 6.31. The summed E-state index contributed by atoms with van der Waals surface area (Å²) in [7, 11) is 1.60. The van der Waals surface area contributed by atoms with Crippen molar-refractivity contribution in [2.75, 3.05) is 13.7 Å². The van der Waals surface area contributed by atoms with Crippen LogP contribution in [0.4, 0.5) is 4.39 Å². The van der Waals surface area contributed by atoms with Gasteiger partial charge in [0.1, 0.15) is 17.3 Å². The van der Waals surface area contributed by atoms with Crippen molar-refractivity contribution >= 4 is 17.6 Å². The molecule has 0 saturated carbocycles. The summed E-state index contributed by atoms with van der Waals surface area (Å²) in [5.74, 6) is -0.417. The third-order valence-electron chi connectivity index (χ3n) is 5.30. The molecule has 0 atom stereocenters. The summed E-state index contributed by atoms with van der Waals surface area (Å²) < 4.78 is 26.8. The standard InChI is InChI=1S/C26H22ClFN2O4/c1-16-10-25(34-15-26(31)32)20(12-21(16)27)22-13-23(17-7-5-8-19(28)11-17)30(29-22)14-18-6-3-4-9-24(18)33-2/h3-13H,14-15H2,1-2H3,(H,31,32). The van der Waals surface area contributed by atoms with Gasteiger partial charge in [-0.2, -0.15) is 5.10 Å². The third-order valence-corrected chi connectivity index (χ3v) is 5.71. The van der Waals surface area contributed by atoms with Gasteiger partial charge >= 0.3 is 5.97 Å². The molecule has 1 aromatic heterocycles. The largest absolute Gasteiger partial charge is 0.496 e. The van der Waals surface area contributed by atoms with Crippen molar-refractivity contribution in [2.24, 2.45) is 0 Å². The average Bonchev–Trinajstić information content (AvgIpc) is 3.23. The minimum absolute atomic E-state index is 0.344. The van der Waals surface area contributed by atoms with Crippen molar-refractivity contribution in [2.45, 2.75) is 13.5 Å². The number of rotatable bonds is 8. The van der Waals surface area contributed by atoms with Crippen LogP contribution in [0.3, 0.4) is 0 Å². The number of carboxylic acid groups (broad SMARTS) is 1. The van der Waals surface area contributed by atoms with Gasteiger partial charge in [-0.25, -0.2) is 9.18 Å². The Morgan fingerprint density at radius 1 is 1.09 bits per heavy atom. The minimum Gasteiger partial charge on any atom is -0.496 e. The SMILES string of the molecule is COc1ccccc1Cn1nc(-c2cc(Cl)c(C)cc2OCC(=O)O)cc1-c1cccc(F)c1. The summed E-state index contributed by atoms with van der Waals surface area (Å²) in [6, 6.07) is 19.0. The van der Waals surface area contributed by atoms with Gasteiger partial charge in [0.25, 0.3) is 0 Å². The van der Waals surface area contributed by atoms with Gasteiger partial charge in [-0.05, 0) is 48.9 Å². The molecule has 174 valence electrons. The molecule has 0 aliphatic rings. The van der Waals surface area contributed by atoms with E-state index in [0.717, 1.165) is 11.1 Å². The number of benzene rings is 3. The maximum Gasteiger partial charge on any atom is 0.341 e. The Balaban J connectivity index is 1.86. The number of hydrogen-bond acceptors (Lipinski definition) is 4. The number of carboxylic acids is 1. The van der Waals surface area contributed by atoms with Gasteiger partial charge in [-0.3, -0.25) is 4.68 Å². The Morgan fingerprint density at radius 2 is 1.88 bits per heavy atom. The number of aliphatic carboxylic acids is 1. The number of aryl methyl sites for hydroxylation is 1. The number of hydrogen-bond donors (Lipinski definition) is 1. The second kappa shape index (κ2) is 9.97. The first-order valence-electron chi connectivity index (χ1n) is 10.5. The number of halogens is 2. The van der Waals surface area contributed by atoms with Gasteiger partial charge in [-0.15, -0.1) is 0 Å². The van der Waals surface area contributed by atoms with E-state index in [2.05, 4.69) is 0 Å². The van der Waals surface area contributed by atoms with Crippen molar-refractivity contribution < 1.29 is 23.8 Å². The van der Waals surface area contributed by atoms with Gasteiger partial charge in [0, 0.05) is 21.7 Å². The van der Waals surface area contributed by atoms with Crippen molar-refractivity contribution in [3.05, 3.63) is 88.7 Å². The van der Waals surface area contributed by atoms with Gasteiger partial charge in [-0.1, -0.05) is 41.9 Å². The fourth-order valence-electron chi connectivity index (χ4n) is 3.66. The topological polar surface area (TPSA) is 73.6 Å². The predicted molar refractivity (Wildman–Crippen MR) is 128 cm³/mol. The minimum atomic E-state index is -1.10. The molecule has 0 saturated heterocycles. The molecular formula is C26H22ClFN2O4. The number of para-hydroxylation sites is 1. The Kier molecular flexibility index (Phi) is 6.84. The summed E-state index contributed by atoms with van der Waals surface area (Å²) in [5.41, 5.74) is 3.98. The van der Waals surface area contributed by atoms with Crippen LogP contribution in [0.1, 0.15) is 11.1 Å². The van der Waals surface area contributed by atoms with Gasteiger partial charge in [0.15, 0.2) is 6.61 Å². The summed E-state index contributed by atoms with van der Waals surface area (Å²) in [6.45, 7) is 1.66. The fourth-order valence-corrected chi connectivity index (χ4v) is 3.82. The average molecular weight is 481 g/mol. The van der Waals surface area contributed by atoms with Crippen LogP contribution in [0.15, 0.2) is 66.7 Å². The normalized spacial score (nSPS) is 10.8. The molecule has 0 unspecified atom stereocenters. The Morgan fingerprint density at radius 3 is 2.62 bits per heavy atom. The lowest BCUT2D eigenvalue weighted by molar-refractivity contribution is -0.139. The molecule has 0 aliphatic heterocycles. The number of methoxy groups -OCH3 is 1. The van der Waals surface area contributed by atoms with Crippen LogP contribution in [0.25, 0.3) is 22.5 Å². The lowest BCUT2D eigenvalue weighted by atomic mass is 10.1. The molecular weight excluding hydrogens is 459 g/mol. The Hall–Kier alpha value is -3.84. The highest BCUT2D eigenvalue weighted by Crippen LogP contribution is 2.37. The third kappa shape index (κ3) is 5.05. The van der Waals surface area contributed by atoms with Crippen LogP contribution in [-0.2, 0) is 11.3 Å². The van der Waals surface area contributed by atoms with Crippen LogP contribution in [0.5, 0.6) is 11.5 Å². The van der Waals surface area contributed by atoms with E-state index < -0.39 is 12.6 Å². The summed E-state index contributed by atoms with van der Waals surface area (Å²) in [4.78, 5) is 11.1. The lowest BCUT2D eigenvalue weighted by Gasteiger charge is -2.12. The first-order valence-corrected chi connectivity index (χ1v) is 10.8. The van der Waals surface area contributed by atoms with Gasteiger partial charge in [0.05, 0.1) is 25.0 Å². The molecule has 6 nitrogen and oxygen atoms in total. The summed E-state index contributed by atoms with van der Waals surface area (Å²) >= 11 is 6.38. The predicted octanol–water partition coefficient (Wildman–Crippen LogP) is 5.84. The molecule has 4 rings (SSSR count). The van der Waals surface area contributed by atoms with Crippen molar-refractivity contribution in [1.29, 1.82) is 0 Å². The highest BCUT2D eigenvalue weighted by atomic mass is 35.5. The smallest absolute Gasteiger partial charge is 0.341 e. The van der Waals surface area contributed by atoms with Crippen LogP contribution in [0.2, 0.25) is 5.02 Å². The van der Waals surface area contributed by atoms with E-state index in [1.807, 2.05) is 24.3 Å². The van der Waals surface area contributed by atoms with Crippen LogP contribution < -0.4 is 9.47 Å². The number of nitrogens with zero attached hydrogens (tertiary/aromatic N) is 2. The van der Waals surface area contributed by atoms with Crippen molar-refractivity contribution in [3.8, 4) is 34.0 Å². The van der Waals surface area contributed by atoms with Gasteiger partial charge in [0.2, 0.25) is 0 Å². The van der Waals surface area contributed by atoms with E-state index in [1.54, 1.807) is 49.0 Å². The van der Waals surface area contributed by atoms with E-state index in [-0.39, 0.29) is 5.82 Å².